The van der Waals surface area contributed by atoms with Gasteiger partial charge < -0.3 is 19.5 Å². The number of nitrogens with one attached hydrogen (secondary N) is 1. The van der Waals surface area contributed by atoms with Gasteiger partial charge in [-0.2, -0.15) is 0 Å². The number of carbonyl (C=O) groups is 2. The molecule has 0 aliphatic rings. The van der Waals surface area contributed by atoms with Gasteiger partial charge in [0, 0.05) is 0 Å². The first-order chi connectivity index (χ1) is 12.8. The first-order valence-electron chi connectivity index (χ1n) is 8.07. The molecular weight excluding hydrogens is 393 g/mol. The molecule has 0 fully saturated rings. The second-order valence-electron chi connectivity index (χ2n) is 5.75. The summed E-state index contributed by atoms with van der Waals surface area (Å²) in [5, 5.41) is 3.08. The first-order valence-corrected chi connectivity index (χ1v) is 8.83. The Kier molecular flexibility index (Phi) is 7.33. The van der Waals surface area contributed by atoms with Crippen LogP contribution >= 0.6 is 23.2 Å². The van der Waals surface area contributed by atoms with E-state index in [0.29, 0.717) is 11.5 Å². The molecule has 2 rings (SSSR count). The fourth-order valence-corrected chi connectivity index (χ4v) is 2.64. The summed E-state index contributed by atoms with van der Waals surface area (Å²) in [6.45, 7) is 3.27. The van der Waals surface area contributed by atoms with Crippen molar-refractivity contribution in [1.29, 1.82) is 0 Å². The standard InChI is InChI=1S/C19H19Cl2NO5/c1-11(2)27-15-8-7-12(9-16(15)25-3)19(24)26-10-17(23)22-18-13(20)5-4-6-14(18)21/h4-9,11H,10H2,1-3H3,(H,22,23). The highest BCUT2D eigenvalue weighted by atomic mass is 35.5. The highest BCUT2D eigenvalue weighted by molar-refractivity contribution is 6.39. The van der Waals surface area contributed by atoms with Crippen molar-refractivity contribution in [3.63, 3.8) is 0 Å². The van der Waals surface area contributed by atoms with Crippen LogP contribution in [0.25, 0.3) is 0 Å². The fraction of sp³-hybridized carbons (Fsp3) is 0.263. The third-order valence-corrected chi connectivity index (χ3v) is 3.95. The average Bonchev–Trinajstić information content (AvgIpc) is 2.62. The van der Waals surface area contributed by atoms with Gasteiger partial charge >= 0.3 is 5.97 Å². The number of hydrogen-bond donors (Lipinski definition) is 1. The fourth-order valence-electron chi connectivity index (χ4n) is 2.15. The number of hydrogen-bond acceptors (Lipinski definition) is 5. The Labute approximate surface area is 167 Å². The third kappa shape index (κ3) is 5.77. The summed E-state index contributed by atoms with van der Waals surface area (Å²) in [5.41, 5.74) is 0.491. The van der Waals surface area contributed by atoms with Gasteiger partial charge in [0.1, 0.15) is 0 Å². The van der Waals surface area contributed by atoms with Gasteiger partial charge in [0.15, 0.2) is 18.1 Å². The first kappa shape index (κ1) is 20.9. The zero-order chi connectivity index (χ0) is 20.0. The molecule has 0 aliphatic heterocycles. The number of para-hydroxylation sites is 1. The zero-order valence-electron chi connectivity index (χ0n) is 15.0. The minimum atomic E-state index is -0.676. The summed E-state index contributed by atoms with van der Waals surface area (Å²) in [7, 11) is 1.47. The largest absolute Gasteiger partial charge is 0.493 e. The molecule has 0 aromatic heterocycles. The zero-order valence-corrected chi connectivity index (χ0v) is 16.6. The molecular formula is C19H19Cl2NO5. The maximum Gasteiger partial charge on any atom is 0.338 e. The predicted octanol–water partition coefficient (Wildman–Crippen LogP) is 4.58. The summed E-state index contributed by atoms with van der Waals surface area (Å²) >= 11 is 12.0. The number of amides is 1. The molecule has 1 N–H and O–H groups in total. The molecule has 0 aliphatic carbocycles. The van der Waals surface area contributed by atoms with Crippen molar-refractivity contribution in [1.82, 2.24) is 0 Å². The molecule has 0 saturated heterocycles. The van der Waals surface area contributed by atoms with Crippen LogP contribution in [0.5, 0.6) is 11.5 Å². The smallest absolute Gasteiger partial charge is 0.338 e. The normalized spacial score (nSPS) is 10.4. The molecule has 0 unspecified atom stereocenters. The van der Waals surface area contributed by atoms with E-state index in [1.54, 1.807) is 24.3 Å². The molecule has 1 amide bonds. The summed E-state index contributed by atoms with van der Waals surface area (Å²) in [6.07, 6.45) is -0.0444. The van der Waals surface area contributed by atoms with E-state index in [0.717, 1.165) is 0 Å². The number of esters is 1. The van der Waals surface area contributed by atoms with Crippen molar-refractivity contribution >= 4 is 40.8 Å². The van der Waals surface area contributed by atoms with Crippen LogP contribution < -0.4 is 14.8 Å². The molecule has 0 heterocycles. The summed E-state index contributed by atoms with van der Waals surface area (Å²) < 4.78 is 15.8. The van der Waals surface area contributed by atoms with Crippen molar-refractivity contribution in [2.24, 2.45) is 0 Å². The molecule has 0 bridgehead atoms. The van der Waals surface area contributed by atoms with E-state index < -0.39 is 18.5 Å². The van der Waals surface area contributed by atoms with Gasteiger partial charge in [0.2, 0.25) is 0 Å². The molecule has 0 spiro atoms. The predicted molar refractivity (Wildman–Crippen MR) is 104 cm³/mol. The molecule has 144 valence electrons. The molecule has 0 saturated carbocycles. The van der Waals surface area contributed by atoms with Gasteiger partial charge in [-0.1, -0.05) is 29.3 Å². The quantitative estimate of drug-likeness (QED) is 0.674. The topological polar surface area (TPSA) is 73.9 Å². The number of methoxy groups -OCH3 is 1. The van der Waals surface area contributed by atoms with Crippen molar-refractivity contribution in [3.05, 3.63) is 52.0 Å². The summed E-state index contributed by atoms with van der Waals surface area (Å²) in [6, 6.07) is 9.46. The van der Waals surface area contributed by atoms with Crippen LogP contribution in [0.4, 0.5) is 5.69 Å². The molecule has 6 nitrogen and oxygen atoms in total. The SMILES string of the molecule is COc1cc(C(=O)OCC(=O)Nc2c(Cl)cccc2Cl)ccc1OC(C)C. The molecule has 2 aromatic rings. The van der Waals surface area contributed by atoms with E-state index >= 15 is 0 Å². The lowest BCUT2D eigenvalue weighted by molar-refractivity contribution is -0.119. The Balaban J connectivity index is 2.00. The van der Waals surface area contributed by atoms with Crippen LogP contribution in [0.1, 0.15) is 24.2 Å². The van der Waals surface area contributed by atoms with Gasteiger partial charge in [0.05, 0.1) is 34.5 Å². The summed E-state index contributed by atoms with van der Waals surface area (Å²) in [4.78, 5) is 24.2. The lowest BCUT2D eigenvalue weighted by Crippen LogP contribution is -2.21. The van der Waals surface area contributed by atoms with Crippen LogP contribution in [-0.2, 0) is 9.53 Å². The average molecular weight is 412 g/mol. The molecule has 27 heavy (non-hydrogen) atoms. The van der Waals surface area contributed by atoms with Crippen LogP contribution in [0.3, 0.4) is 0 Å². The van der Waals surface area contributed by atoms with Crippen LogP contribution in [0.15, 0.2) is 36.4 Å². The number of ether oxygens (including phenoxy) is 3. The van der Waals surface area contributed by atoms with Gasteiger partial charge in [0.25, 0.3) is 5.91 Å². The van der Waals surface area contributed by atoms with Crippen LogP contribution in [0, 0.1) is 0 Å². The van der Waals surface area contributed by atoms with E-state index in [9.17, 15) is 9.59 Å². The van der Waals surface area contributed by atoms with E-state index in [4.69, 9.17) is 37.4 Å². The van der Waals surface area contributed by atoms with Crippen LogP contribution in [0.2, 0.25) is 10.0 Å². The van der Waals surface area contributed by atoms with E-state index in [2.05, 4.69) is 5.32 Å². The summed E-state index contributed by atoms with van der Waals surface area (Å²) in [5.74, 6) is -0.338. The van der Waals surface area contributed by atoms with E-state index in [1.807, 2.05) is 13.8 Å². The maximum absolute atomic E-state index is 12.2. The Morgan fingerprint density at radius 3 is 2.33 bits per heavy atom. The minimum absolute atomic E-state index is 0.0444. The Hall–Kier alpha value is -2.44. The molecule has 0 radical (unpaired) electrons. The Bertz CT molecular complexity index is 819. The third-order valence-electron chi connectivity index (χ3n) is 3.32. The van der Waals surface area contributed by atoms with Gasteiger partial charge in [-0.25, -0.2) is 4.79 Å². The Morgan fingerprint density at radius 2 is 1.74 bits per heavy atom. The number of halogens is 2. The second-order valence-corrected chi connectivity index (χ2v) is 6.57. The van der Waals surface area contributed by atoms with Gasteiger partial charge in [-0.05, 0) is 44.2 Å². The van der Waals surface area contributed by atoms with Crippen molar-refractivity contribution < 1.29 is 23.8 Å². The van der Waals surface area contributed by atoms with Crippen molar-refractivity contribution in [2.75, 3.05) is 19.0 Å². The van der Waals surface area contributed by atoms with Crippen molar-refractivity contribution in [2.45, 2.75) is 20.0 Å². The highest BCUT2D eigenvalue weighted by Gasteiger charge is 2.16. The van der Waals surface area contributed by atoms with E-state index in [1.165, 1.54) is 19.2 Å². The van der Waals surface area contributed by atoms with Crippen LogP contribution in [-0.4, -0.2) is 31.7 Å². The van der Waals surface area contributed by atoms with Crippen molar-refractivity contribution in [3.8, 4) is 11.5 Å². The number of carbonyl (C=O) groups excluding carboxylic acids is 2. The second kappa shape index (κ2) is 9.48. The number of benzene rings is 2. The lowest BCUT2D eigenvalue weighted by atomic mass is 10.2. The van der Waals surface area contributed by atoms with Gasteiger partial charge in [-0.15, -0.1) is 0 Å². The van der Waals surface area contributed by atoms with E-state index in [-0.39, 0.29) is 27.4 Å². The Morgan fingerprint density at radius 1 is 1.07 bits per heavy atom. The maximum atomic E-state index is 12.2. The number of rotatable bonds is 7. The minimum Gasteiger partial charge on any atom is -0.493 e. The monoisotopic (exact) mass is 411 g/mol. The highest BCUT2D eigenvalue weighted by Crippen LogP contribution is 2.30. The lowest BCUT2D eigenvalue weighted by Gasteiger charge is -2.14. The van der Waals surface area contributed by atoms with Gasteiger partial charge in [-0.3, -0.25) is 4.79 Å². The number of anilines is 1. The molecule has 8 heteroatoms. The molecule has 0 atom stereocenters. The molecule has 2 aromatic carbocycles.